The molecule has 0 spiro atoms. The lowest BCUT2D eigenvalue weighted by molar-refractivity contribution is -0.547. The van der Waals surface area contributed by atoms with E-state index in [1.165, 1.54) is 4.98 Å². The van der Waals surface area contributed by atoms with Gasteiger partial charge < -0.3 is 4.74 Å². The molecule has 0 aliphatic carbocycles. The van der Waals surface area contributed by atoms with Gasteiger partial charge in [-0.2, -0.15) is 0 Å². The van der Waals surface area contributed by atoms with Crippen LogP contribution in [-0.4, -0.2) is 32.7 Å². The SMILES string of the molecule is COC(=O)c1c([N+](=O)[O-])c(=O)[nH]c(=O)n1[N+](=O)[O-]. The Morgan fingerprint density at radius 2 is 1.89 bits per heavy atom. The second kappa shape index (κ2) is 4.44. The molecular formula is C6H4N4O8. The molecule has 96 valence electrons. The van der Waals surface area contributed by atoms with Crippen molar-refractivity contribution in [2.24, 2.45) is 0 Å². The summed E-state index contributed by atoms with van der Waals surface area (Å²) in [6.07, 6.45) is 0. The third-order valence-corrected chi connectivity index (χ3v) is 1.79. The molecule has 0 atom stereocenters. The Bertz CT molecular complexity index is 608. The molecule has 12 heteroatoms. The van der Waals surface area contributed by atoms with Crippen molar-refractivity contribution >= 4 is 11.7 Å². The first kappa shape index (κ1) is 13.0. The molecule has 0 unspecified atom stereocenters. The molecule has 0 saturated heterocycles. The van der Waals surface area contributed by atoms with Gasteiger partial charge in [-0.05, 0) is 0 Å². The summed E-state index contributed by atoms with van der Waals surface area (Å²) in [6.45, 7) is 0. The van der Waals surface area contributed by atoms with Crippen molar-refractivity contribution in [1.29, 1.82) is 0 Å². The van der Waals surface area contributed by atoms with E-state index in [0.717, 1.165) is 7.11 Å². The van der Waals surface area contributed by atoms with Crippen molar-refractivity contribution in [3.05, 3.63) is 46.8 Å². The molecule has 1 rings (SSSR count). The Balaban J connectivity index is 3.95. The molecule has 12 nitrogen and oxygen atoms in total. The highest BCUT2D eigenvalue weighted by Gasteiger charge is 2.35. The Morgan fingerprint density at radius 1 is 1.33 bits per heavy atom. The van der Waals surface area contributed by atoms with Crippen LogP contribution in [0.4, 0.5) is 5.69 Å². The van der Waals surface area contributed by atoms with Crippen molar-refractivity contribution in [3.8, 4) is 0 Å². The van der Waals surface area contributed by atoms with Crippen LogP contribution in [0.5, 0.6) is 0 Å². The number of hydrogen-bond acceptors (Lipinski definition) is 8. The number of rotatable bonds is 3. The largest absolute Gasteiger partial charge is 0.464 e. The predicted octanol–water partition coefficient (Wildman–Crippen LogP) is -1.73. The van der Waals surface area contributed by atoms with Crippen molar-refractivity contribution < 1.29 is 19.5 Å². The Kier molecular flexibility index (Phi) is 3.21. The summed E-state index contributed by atoms with van der Waals surface area (Å²) in [4.78, 5) is 54.7. The monoisotopic (exact) mass is 260 g/mol. The first-order valence-corrected chi connectivity index (χ1v) is 4.08. The van der Waals surface area contributed by atoms with Gasteiger partial charge in [0.15, 0.2) is 5.03 Å². The molecule has 18 heavy (non-hydrogen) atoms. The number of hydrogen-bond donors (Lipinski definition) is 1. The molecule has 1 heterocycles. The number of carbonyl (C=O) groups is 1. The fraction of sp³-hybridized carbons (Fsp3) is 0.167. The van der Waals surface area contributed by atoms with Crippen LogP contribution in [0.25, 0.3) is 0 Å². The minimum atomic E-state index is -1.60. The second-order valence-electron chi connectivity index (χ2n) is 2.75. The van der Waals surface area contributed by atoms with Gasteiger partial charge >= 0.3 is 22.9 Å². The number of H-pyrrole nitrogens is 1. The van der Waals surface area contributed by atoms with E-state index in [-0.39, 0.29) is 0 Å². The van der Waals surface area contributed by atoms with Gasteiger partial charge in [0.2, 0.25) is 0 Å². The molecule has 0 aliphatic rings. The predicted molar refractivity (Wildman–Crippen MR) is 51.7 cm³/mol. The quantitative estimate of drug-likeness (QED) is 0.379. The van der Waals surface area contributed by atoms with E-state index in [4.69, 9.17) is 0 Å². The van der Waals surface area contributed by atoms with E-state index in [9.17, 15) is 34.6 Å². The van der Waals surface area contributed by atoms with Crippen molar-refractivity contribution in [1.82, 2.24) is 9.66 Å². The first-order valence-electron chi connectivity index (χ1n) is 4.08. The van der Waals surface area contributed by atoms with Gasteiger partial charge in [-0.3, -0.25) is 19.9 Å². The van der Waals surface area contributed by atoms with Crippen LogP contribution in [0, 0.1) is 20.2 Å². The third kappa shape index (κ3) is 1.93. The number of aromatic nitrogens is 2. The van der Waals surface area contributed by atoms with Crippen molar-refractivity contribution in [2.75, 3.05) is 7.11 Å². The zero-order chi connectivity index (χ0) is 14.0. The molecular weight excluding hydrogens is 256 g/mol. The molecule has 0 aromatic carbocycles. The third-order valence-electron chi connectivity index (χ3n) is 1.79. The minimum Gasteiger partial charge on any atom is -0.464 e. The summed E-state index contributed by atoms with van der Waals surface area (Å²) in [5, 5.41) is 19.8. The molecule has 1 N–H and O–H groups in total. The van der Waals surface area contributed by atoms with Crippen molar-refractivity contribution in [2.45, 2.75) is 0 Å². The van der Waals surface area contributed by atoms with E-state index in [1.807, 2.05) is 0 Å². The maximum absolute atomic E-state index is 11.2. The number of nitro groups is 2. The molecule has 0 amide bonds. The number of aromatic amines is 1. The highest BCUT2D eigenvalue weighted by atomic mass is 16.7. The van der Waals surface area contributed by atoms with Gasteiger partial charge in [0.05, 0.1) is 12.0 Å². The van der Waals surface area contributed by atoms with Crippen LogP contribution in [0.15, 0.2) is 9.59 Å². The standard InChI is InChI=1S/C6H4N4O8/c1-18-5(12)3-2(9(14)15)4(11)7-6(13)8(3)10(16)17/h1H3,(H,7,11,13). The maximum Gasteiger partial charge on any atom is 0.389 e. The number of esters is 1. The van der Waals surface area contributed by atoms with E-state index in [0.29, 0.717) is 0 Å². The van der Waals surface area contributed by atoms with Gasteiger partial charge in [0.25, 0.3) is 5.69 Å². The molecule has 0 bridgehead atoms. The summed E-state index contributed by atoms with van der Waals surface area (Å²) in [5.41, 5.74) is -5.95. The Hall–Kier alpha value is -3.05. The average Bonchev–Trinajstić information content (AvgIpc) is 2.25. The Labute approximate surface area is 95.7 Å². The summed E-state index contributed by atoms with van der Waals surface area (Å²) < 4.78 is 3.60. The smallest absolute Gasteiger partial charge is 0.389 e. The van der Waals surface area contributed by atoms with Crippen LogP contribution in [0.3, 0.4) is 0 Å². The lowest BCUT2D eigenvalue weighted by Gasteiger charge is -2.02. The van der Waals surface area contributed by atoms with Crippen LogP contribution >= 0.6 is 0 Å². The fourth-order valence-corrected chi connectivity index (χ4v) is 1.12. The lowest BCUT2D eigenvalue weighted by Crippen LogP contribution is -2.39. The number of carbonyl (C=O) groups excluding carboxylic acids is 1. The summed E-state index contributed by atoms with van der Waals surface area (Å²) in [5.74, 6) is -1.55. The van der Waals surface area contributed by atoms with Gasteiger partial charge in [-0.25, -0.2) is 19.7 Å². The zero-order valence-corrected chi connectivity index (χ0v) is 8.61. The summed E-state index contributed by atoms with van der Waals surface area (Å²) >= 11 is 0. The number of methoxy groups -OCH3 is 1. The van der Waals surface area contributed by atoms with Crippen LogP contribution in [-0.2, 0) is 4.74 Å². The highest BCUT2D eigenvalue weighted by Crippen LogP contribution is 2.11. The Morgan fingerprint density at radius 3 is 2.28 bits per heavy atom. The second-order valence-corrected chi connectivity index (χ2v) is 2.75. The van der Waals surface area contributed by atoms with Crippen LogP contribution in [0.1, 0.15) is 10.5 Å². The lowest BCUT2D eigenvalue weighted by atomic mass is 10.3. The molecule has 0 aliphatic heterocycles. The number of ether oxygens (including phenoxy) is 1. The molecule has 1 aromatic heterocycles. The van der Waals surface area contributed by atoms with Crippen LogP contribution < -0.4 is 11.2 Å². The highest BCUT2D eigenvalue weighted by molar-refractivity contribution is 5.91. The number of nitrogens with zero attached hydrogens (tertiary/aromatic N) is 3. The van der Waals surface area contributed by atoms with Gasteiger partial charge in [0.1, 0.15) is 0 Å². The molecule has 0 fully saturated rings. The van der Waals surface area contributed by atoms with Gasteiger partial charge in [-0.15, -0.1) is 0 Å². The zero-order valence-electron chi connectivity index (χ0n) is 8.61. The summed E-state index contributed by atoms with van der Waals surface area (Å²) in [7, 11) is 0.780. The normalized spacial score (nSPS) is 9.83. The van der Waals surface area contributed by atoms with E-state index in [2.05, 4.69) is 4.74 Å². The topological polar surface area (TPSA) is 167 Å². The van der Waals surface area contributed by atoms with Gasteiger partial charge in [-0.1, -0.05) is 0 Å². The molecule has 0 radical (unpaired) electrons. The van der Waals surface area contributed by atoms with E-state index >= 15 is 0 Å². The maximum atomic E-state index is 11.2. The number of nitrogens with one attached hydrogen (secondary N) is 1. The van der Waals surface area contributed by atoms with E-state index in [1.54, 1.807) is 0 Å². The van der Waals surface area contributed by atoms with Crippen molar-refractivity contribution in [3.63, 3.8) is 0 Å². The summed E-state index contributed by atoms with van der Waals surface area (Å²) in [6, 6.07) is 0. The van der Waals surface area contributed by atoms with Crippen LogP contribution in [0.2, 0.25) is 0 Å². The van der Waals surface area contributed by atoms with Gasteiger partial charge in [0, 0.05) is 4.68 Å². The first-order chi connectivity index (χ1) is 8.31. The molecule has 1 aromatic rings. The average molecular weight is 260 g/mol. The van der Waals surface area contributed by atoms with E-state index < -0.39 is 43.2 Å². The minimum absolute atomic E-state index is 0.467. The fourth-order valence-electron chi connectivity index (χ4n) is 1.12. The molecule has 0 saturated carbocycles.